The summed E-state index contributed by atoms with van der Waals surface area (Å²) < 4.78 is 2.06. The van der Waals surface area contributed by atoms with Crippen molar-refractivity contribution in [2.24, 2.45) is 5.73 Å². The molecule has 0 bridgehead atoms. The van der Waals surface area contributed by atoms with Crippen LogP contribution in [-0.4, -0.2) is 5.11 Å². The van der Waals surface area contributed by atoms with E-state index in [2.05, 4.69) is 16.2 Å². The molecule has 0 unspecified atom stereocenters. The molecule has 0 saturated carbocycles. The quantitative estimate of drug-likeness (QED) is 0.611. The van der Waals surface area contributed by atoms with Crippen molar-refractivity contribution in [3.63, 3.8) is 0 Å². The average Bonchev–Trinajstić information content (AvgIpc) is 1.12. The van der Waals surface area contributed by atoms with Gasteiger partial charge in [-0.25, -0.2) is 0 Å². The summed E-state index contributed by atoms with van der Waals surface area (Å²) in [5, 5.41) is -0.241. The summed E-state index contributed by atoms with van der Waals surface area (Å²) in [5.41, 5.74) is 4.99. The molecule has 0 aliphatic rings. The van der Waals surface area contributed by atoms with Crippen molar-refractivity contribution >= 4 is 65.2 Å². The first kappa shape index (κ1) is 11.8. The van der Waals surface area contributed by atoms with E-state index in [4.69, 9.17) is 53.7 Å². The van der Waals surface area contributed by atoms with Crippen molar-refractivity contribution in [3.05, 3.63) is 0 Å². The summed E-state index contributed by atoms with van der Waals surface area (Å²) in [6.45, 7) is 0. The zero-order valence-corrected chi connectivity index (χ0v) is 11.2. The van der Waals surface area contributed by atoms with Crippen LogP contribution in [0.3, 0.4) is 0 Å². The van der Waals surface area contributed by atoms with Crippen LogP contribution in [0.15, 0.2) is 0 Å². The van der Waals surface area contributed by atoms with Gasteiger partial charge in [0.1, 0.15) is 0 Å². The summed E-state index contributed by atoms with van der Waals surface area (Å²) in [6, 6.07) is 0. The van der Waals surface area contributed by atoms with Crippen molar-refractivity contribution in [3.8, 4) is 0 Å². The predicted molar refractivity (Wildman–Crippen MR) is 49.2 cm³/mol. The third-order valence-electron chi connectivity index (χ3n) is 0.240. The van der Waals surface area contributed by atoms with Gasteiger partial charge in [0.05, 0.1) is 0 Å². The van der Waals surface area contributed by atoms with Crippen LogP contribution in [-0.2, 0) is 8.06 Å². The van der Waals surface area contributed by atoms with Crippen LogP contribution in [0.1, 0.15) is 0 Å². The molecule has 10 heavy (non-hydrogen) atoms. The normalized spacial score (nSPS) is 18.9. The molecule has 0 aliphatic heterocycles. The Kier molecular flexibility index (Phi) is 2.82. The summed E-state index contributed by atoms with van der Waals surface area (Å²) in [6.07, 6.45) is 0. The Labute approximate surface area is 82.1 Å². The van der Waals surface area contributed by atoms with Gasteiger partial charge in [-0.2, -0.15) is 0 Å². The van der Waals surface area contributed by atoms with Crippen LogP contribution in [0.5, 0.6) is 0 Å². The van der Waals surface area contributed by atoms with Crippen molar-refractivity contribution in [1.82, 2.24) is 3.99 Å². The summed E-state index contributed by atoms with van der Waals surface area (Å²) in [5.74, 6) is 0. The Balaban J connectivity index is 4.59. The number of hydrogen-bond donors (Lipinski definition) is 2. The van der Waals surface area contributed by atoms with E-state index in [1.54, 1.807) is 0 Å². The van der Waals surface area contributed by atoms with Gasteiger partial charge in [0, 0.05) is 0 Å². The minimum absolute atomic E-state index is 0.241. The molecule has 0 radical (unpaired) electrons. The molecule has 0 aliphatic carbocycles. The van der Waals surface area contributed by atoms with E-state index >= 15 is 0 Å². The number of rotatable bonds is 1. The molecule has 9 heteroatoms. The predicted octanol–water partition coefficient (Wildman–Crippen LogP) is 2.73. The second-order valence-corrected chi connectivity index (χ2v) is 44.3. The number of thiocarbonyl (C=S) groups is 1. The molecule has 0 aromatic heterocycles. The second-order valence-electron chi connectivity index (χ2n) is 1.24. The maximum atomic E-state index is 5.41. The van der Waals surface area contributed by atoms with Gasteiger partial charge in [-0.1, -0.05) is 0 Å². The van der Waals surface area contributed by atoms with Gasteiger partial charge in [0.2, 0.25) is 0 Å². The van der Waals surface area contributed by atoms with Crippen LogP contribution in [0.25, 0.3) is 0 Å². The third-order valence-corrected chi connectivity index (χ3v) is 5.10. The molecule has 3 N–H and O–H groups in total. The monoisotopic (exact) mass is 443 g/mol. The Morgan fingerprint density at radius 2 is 1.50 bits per heavy atom. The van der Waals surface area contributed by atoms with Gasteiger partial charge in [-0.3, -0.25) is 0 Å². The zero-order valence-electron chi connectivity index (χ0n) is 4.21. The Morgan fingerprint density at radius 3 is 1.50 bits per heavy atom. The zero-order chi connectivity index (χ0) is 8.69. The van der Waals surface area contributed by atoms with Gasteiger partial charge in [0.15, 0.2) is 0 Å². The molecule has 0 rings (SSSR count). The summed E-state index contributed by atoms with van der Waals surface area (Å²) in [7, 11) is 21.5. The van der Waals surface area contributed by atoms with E-state index in [9.17, 15) is 0 Å². The Morgan fingerprint density at radius 1 is 1.20 bits per heavy atom. The molecular formula is CH3Cl5IrN2S. The van der Waals surface area contributed by atoms with Crippen LogP contribution in [0, 0.1) is 0 Å². The molecule has 0 aromatic rings. The SMILES string of the molecule is NC(=S)[NH][Ir]([Cl])([Cl])([Cl])([Cl])[Cl]. The first-order valence-corrected chi connectivity index (χ1v) is 18.0. The summed E-state index contributed by atoms with van der Waals surface area (Å²) >= 11 is 4.38. The fourth-order valence-corrected chi connectivity index (χ4v) is 6.97. The van der Waals surface area contributed by atoms with Crippen molar-refractivity contribution in [2.75, 3.05) is 0 Å². The number of nitrogens with one attached hydrogen (secondary N) is 1. The van der Waals surface area contributed by atoms with E-state index in [1.807, 2.05) is 0 Å². The molecule has 2 nitrogen and oxygen atoms in total. The molecule has 67 valence electrons. The average molecular weight is 445 g/mol. The van der Waals surface area contributed by atoms with Crippen molar-refractivity contribution < 1.29 is 8.06 Å². The Bertz CT molecular complexity index is 167. The van der Waals surface area contributed by atoms with Crippen LogP contribution < -0.4 is 9.72 Å². The maximum absolute atomic E-state index is 5.52. The topological polar surface area (TPSA) is 38.0 Å². The van der Waals surface area contributed by atoms with Gasteiger partial charge < -0.3 is 0 Å². The molecule has 0 amide bonds. The van der Waals surface area contributed by atoms with Crippen molar-refractivity contribution in [1.29, 1.82) is 0 Å². The Hall–Kier alpha value is 1.79. The van der Waals surface area contributed by atoms with E-state index in [0.29, 0.717) is 0 Å². The molecule has 0 aromatic carbocycles. The fraction of sp³-hybridized carbons (Fsp3) is 0. The first-order valence-electron chi connectivity index (χ1n) is 1.54. The molecule has 0 atom stereocenters. The van der Waals surface area contributed by atoms with Crippen LogP contribution in [0.4, 0.5) is 0 Å². The summed E-state index contributed by atoms with van der Waals surface area (Å²) in [4.78, 5) is 0. The van der Waals surface area contributed by atoms with Crippen LogP contribution >= 0.6 is 60.1 Å². The van der Waals surface area contributed by atoms with Gasteiger partial charge in [0.25, 0.3) is 0 Å². The number of nitrogens with two attached hydrogens (primary N) is 1. The third kappa shape index (κ3) is 9.79. The minimum atomic E-state index is -5.52. The fourth-order valence-electron chi connectivity index (χ4n) is 0.155. The van der Waals surface area contributed by atoms with Gasteiger partial charge in [-0.15, -0.1) is 0 Å². The van der Waals surface area contributed by atoms with Gasteiger partial charge in [-0.05, 0) is 0 Å². The van der Waals surface area contributed by atoms with Crippen molar-refractivity contribution in [2.45, 2.75) is 0 Å². The van der Waals surface area contributed by atoms with E-state index in [-0.39, 0.29) is 5.11 Å². The molecule has 0 saturated heterocycles. The van der Waals surface area contributed by atoms with E-state index in [0.717, 1.165) is 0 Å². The first-order chi connectivity index (χ1) is 3.89. The van der Waals surface area contributed by atoms with E-state index in [1.165, 1.54) is 0 Å². The molecular weight excluding hydrogens is 442 g/mol. The van der Waals surface area contributed by atoms with Gasteiger partial charge >= 0.3 is 83.0 Å². The molecule has 0 fully saturated rings. The molecule has 0 spiro atoms. The van der Waals surface area contributed by atoms with E-state index < -0.39 is 8.06 Å². The standard InChI is InChI=1S/CH4N2S.5ClH.Ir/c2-1(3)4;;;;;;/h(H4,2,3,4);5*1H;/q;;;;;;+6/p-6. The second kappa shape index (κ2) is 2.39. The molecule has 0 heterocycles. The number of hydrogen-bond acceptors (Lipinski definition) is 1. The number of halogens is 5. The van der Waals surface area contributed by atoms with Crippen LogP contribution in [0.2, 0.25) is 0 Å².